The number of amides is 1. The van der Waals surface area contributed by atoms with Crippen LogP contribution in [0, 0.1) is 6.92 Å². The van der Waals surface area contributed by atoms with E-state index in [1.54, 1.807) is 12.1 Å². The van der Waals surface area contributed by atoms with Gasteiger partial charge in [0.05, 0.1) is 17.7 Å². The van der Waals surface area contributed by atoms with E-state index >= 15 is 0 Å². The fourth-order valence-corrected chi connectivity index (χ4v) is 2.26. The van der Waals surface area contributed by atoms with E-state index in [0.717, 1.165) is 11.3 Å². The zero-order chi connectivity index (χ0) is 18.2. The normalized spacial score (nSPS) is 9.96. The molecule has 0 aromatic heterocycles. The molecule has 0 fully saturated rings. The number of hydrogen-bond donors (Lipinski definition) is 3. The minimum atomic E-state index is -1.15. The molecule has 2 aromatic carbocycles. The van der Waals surface area contributed by atoms with Gasteiger partial charge in [0, 0.05) is 5.69 Å². The van der Waals surface area contributed by atoms with E-state index in [1.165, 1.54) is 12.1 Å². The van der Waals surface area contributed by atoms with E-state index in [0.29, 0.717) is 0 Å². The zero-order valence-corrected chi connectivity index (χ0v) is 14.4. The highest BCUT2D eigenvalue weighted by Gasteiger charge is 2.15. The minimum absolute atomic E-state index is 0.0440. The van der Waals surface area contributed by atoms with Gasteiger partial charge in [0.2, 0.25) is 0 Å². The van der Waals surface area contributed by atoms with Crippen LogP contribution in [0.25, 0.3) is 0 Å². The number of aryl methyl sites for hydroxylation is 1. The average Bonchev–Trinajstić information content (AvgIpc) is 2.60. The first-order valence-corrected chi connectivity index (χ1v) is 7.99. The van der Waals surface area contributed by atoms with Crippen LogP contribution in [-0.2, 0) is 4.74 Å². The Balaban J connectivity index is 1.77. The van der Waals surface area contributed by atoms with E-state index < -0.39 is 11.9 Å². The van der Waals surface area contributed by atoms with Crippen LogP contribution in [0.15, 0.2) is 48.5 Å². The second kappa shape index (κ2) is 8.79. The summed E-state index contributed by atoms with van der Waals surface area (Å²) in [5.74, 6) is -1.62. The predicted octanol–water partition coefficient (Wildman–Crippen LogP) is 2.84. The number of benzene rings is 2. The van der Waals surface area contributed by atoms with Crippen molar-refractivity contribution < 1.29 is 19.4 Å². The van der Waals surface area contributed by atoms with Gasteiger partial charge in [0.1, 0.15) is 6.61 Å². The molecule has 0 radical (unpaired) electrons. The number of aromatic carboxylic acids is 1. The monoisotopic (exact) mass is 358 g/mol. The Morgan fingerprint density at radius 2 is 1.72 bits per heavy atom. The maximum Gasteiger partial charge on any atom is 0.336 e. The van der Waals surface area contributed by atoms with Gasteiger partial charge in [-0.15, -0.1) is 0 Å². The molecule has 2 aromatic rings. The van der Waals surface area contributed by atoms with E-state index in [4.69, 9.17) is 22.1 Å². The van der Waals surface area contributed by atoms with Gasteiger partial charge in [-0.2, -0.15) is 0 Å². The first-order chi connectivity index (χ1) is 12.0. The molecule has 0 saturated carbocycles. The number of rotatable bonds is 6. The van der Waals surface area contributed by atoms with Crippen LogP contribution in [0.1, 0.15) is 26.3 Å². The van der Waals surface area contributed by atoms with Gasteiger partial charge in [-0.25, -0.2) is 4.79 Å². The van der Waals surface area contributed by atoms with Crippen LogP contribution < -0.4 is 10.6 Å². The second-order valence-electron chi connectivity index (χ2n) is 5.23. The van der Waals surface area contributed by atoms with Gasteiger partial charge in [0.15, 0.2) is 0 Å². The molecule has 0 aliphatic heterocycles. The summed E-state index contributed by atoms with van der Waals surface area (Å²) in [4.78, 5) is 23.2. The SMILES string of the molecule is Cc1ccc(NC(=S)OCCNC(=O)c2ccccc2C(=O)O)cc1. The van der Waals surface area contributed by atoms with Gasteiger partial charge in [-0.1, -0.05) is 29.8 Å². The third-order valence-corrected chi connectivity index (χ3v) is 3.54. The molecule has 7 heteroatoms. The molecule has 25 heavy (non-hydrogen) atoms. The maximum absolute atomic E-state index is 12.1. The highest BCUT2D eigenvalue weighted by atomic mass is 32.1. The van der Waals surface area contributed by atoms with Crippen LogP contribution in [0.5, 0.6) is 0 Å². The van der Waals surface area contributed by atoms with Crippen molar-refractivity contribution in [3.05, 3.63) is 65.2 Å². The number of carboxylic acid groups (broad SMARTS) is 1. The largest absolute Gasteiger partial charge is 0.478 e. The molecule has 0 spiro atoms. The Morgan fingerprint density at radius 1 is 1.08 bits per heavy atom. The summed E-state index contributed by atoms with van der Waals surface area (Å²) in [6, 6.07) is 13.7. The molecule has 0 atom stereocenters. The van der Waals surface area contributed by atoms with Gasteiger partial charge in [0.25, 0.3) is 11.1 Å². The molecule has 6 nitrogen and oxygen atoms in total. The number of hydrogen-bond acceptors (Lipinski definition) is 4. The average molecular weight is 358 g/mol. The highest BCUT2D eigenvalue weighted by Crippen LogP contribution is 2.09. The van der Waals surface area contributed by atoms with Crippen molar-refractivity contribution in [2.75, 3.05) is 18.5 Å². The lowest BCUT2D eigenvalue weighted by Crippen LogP contribution is -2.30. The molecule has 0 heterocycles. The molecule has 130 valence electrons. The first kappa shape index (κ1) is 18.4. The Bertz CT molecular complexity index is 775. The van der Waals surface area contributed by atoms with Crippen molar-refractivity contribution in [1.29, 1.82) is 0 Å². The Hall–Kier alpha value is -2.93. The summed E-state index contributed by atoms with van der Waals surface area (Å²) in [7, 11) is 0. The maximum atomic E-state index is 12.1. The van der Waals surface area contributed by atoms with Gasteiger partial charge in [-0.05, 0) is 43.4 Å². The summed E-state index contributed by atoms with van der Waals surface area (Å²) in [5.41, 5.74) is 2.02. The summed E-state index contributed by atoms with van der Waals surface area (Å²) in [6.45, 7) is 2.35. The molecule has 3 N–H and O–H groups in total. The topological polar surface area (TPSA) is 87.7 Å². The molecule has 0 aliphatic carbocycles. The summed E-state index contributed by atoms with van der Waals surface area (Å²) >= 11 is 5.07. The summed E-state index contributed by atoms with van der Waals surface area (Å²) in [5, 5.41) is 14.8. The Kier molecular flexibility index (Phi) is 6.47. The van der Waals surface area contributed by atoms with Gasteiger partial charge < -0.3 is 20.5 Å². The van der Waals surface area contributed by atoms with Crippen LogP contribution in [0.2, 0.25) is 0 Å². The number of ether oxygens (including phenoxy) is 1. The highest BCUT2D eigenvalue weighted by molar-refractivity contribution is 7.80. The van der Waals surface area contributed by atoms with Crippen LogP contribution in [0.4, 0.5) is 5.69 Å². The van der Waals surface area contributed by atoms with Crippen molar-refractivity contribution in [2.24, 2.45) is 0 Å². The van der Waals surface area contributed by atoms with E-state index in [-0.39, 0.29) is 29.5 Å². The standard InChI is InChI=1S/C18H18N2O4S/c1-12-6-8-13(9-7-12)20-18(25)24-11-10-19-16(21)14-4-2-3-5-15(14)17(22)23/h2-9H,10-11H2,1H3,(H,19,21)(H,20,25)(H,22,23). The summed E-state index contributed by atoms with van der Waals surface area (Å²) in [6.07, 6.45) is 0. The minimum Gasteiger partial charge on any atom is -0.478 e. The zero-order valence-electron chi connectivity index (χ0n) is 13.6. The molecular weight excluding hydrogens is 340 g/mol. The lowest BCUT2D eigenvalue weighted by molar-refractivity contribution is 0.0691. The number of anilines is 1. The number of carboxylic acids is 1. The molecule has 0 unspecified atom stereocenters. The third kappa shape index (κ3) is 5.58. The second-order valence-corrected chi connectivity index (χ2v) is 5.60. The smallest absolute Gasteiger partial charge is 0.336 e. The van der Waals surface area contributed by atoms with E-state index in [1.807, 2.05) is 31.2 Å². The third-order valence-electron chi connectivity index (χ3n) is 3.32. The Morgan fingerprint density at radius 3 is 2.36 bits per heavy atom. The number of thiocarbonyl (C=S) groups is 1. The van der Waals surface area contributed by atoms with E-state index in [2.05, 4.69) is 10.6 Å². The van der Waals surface area contributed by atoms with Gasteiger partial charge >= 0.3 is 5.97 Å². The molecule has 1 amide bonds. The van der Waals surface area contributed by atoms with Crippen LogP contribution >= 0.6 is 12.2 Å². The van der Waals surface area contributed by atoms with Crippen molar-refractivity contribution in [2.45, 2.75) is 6.92 Å². The Labute approximate surface area is 150 Å². The first-order valence-electron chi connectivity index (χ1n) is 7.58. The van der Waals surface area contributed by atoms with Crippen molar-refractivity contribution in [3.63, 3.8) is 0 Å². The quantitative estimate of drug-likeness (QED) is 0.544. The van der Waals surface area contributed by atoms with Crippen LogP contribution in [0.3, 0.4) is 0 Å². The molecular formula is C18H18N2O4S. The number of carbonyl (C=O) groups is 2. The van der Waals surface area contributed by atoms with E-state index in [9.17, 15) is 9.59 Å². The number of nitrogens with one attached hydrogen (secondary N) is 2. The molecule has 2 rings (SSSR count). The van der Waals surface area contributed by atoms with Gasteiger partial charge in [-0.3, -0.25) is 4.79 Å². The molecule has 0 saturated heterocycles. The lowest BCUT2D eigenvalue weighted by Gasteiger charge is -2.11. The molecule has 0 aliphatic rings. The summed E-state index contributed by atoms with van der Waals surface area (Å²) < 4.78 is 5.33. The number of carbonyl (C=O) groups excluding carboxylic acids is 1. The molecule has 0 bridgehead atoms. The fraction of sp³-hybridized carbons (Fsp3) is 0.167. The van der Waals surface area contributed by atoms with Crippen molar-refractivity contribution in [3.8, 4) is 0 Å². The van der Waals surface area contributed by atoms with Crippen LogP contribution in [-0.4, -0.2) is 35.3 Å². The fourth-order valence-electron chi connectivity index (χ4n) is 2.06. The lowest BCUT2D eigenvalue weighted by atomic mass is 10.1. The van der Waals surface area contributed by atoms with Crippen molar-refractivity contribution in [1.82, 2.24) is 5.32 Å². The van der Waals surface area contributed by atoms with Crippen molar-refractivity contribution >= 4 is 35.0 Å². The predicted molar refractivity (Wildman–Crippen MR) is 99.1 cm³/mol.